The highest BCUT2D eigenvalue weighted by atomic mass is 79.9. The van der Waals surface area contributed by atoms with E-state index >= 15 is 0 Å². The first-order chi connectivity index (χ1) is 6.72. The van der Waals surface area contributed by atoms with Gasteiger partial charge in [-0.2, -0.15) is 0 Å². The zero-order valence-electron chi connectivity index (χ0n) is 7.71. The van der Waals surface area contributed by atoms with Crippen molar-refractivity contribution in [1.29, 1.82) is 0 Å². The third kappa shape index (κ3) is 2.24. The van der Waals surface area contributed by atoms with Crippen molar-refractivity contribution in [2.45, 2.75) is 5.33 Å². The van der Waals surface area contributed by atoms with E-state index in [1.54, 1.807) is 18.2 Å². The maximum atomic E-state index is 11.3. The van der Waals surface area contributed by atoms with E-state index < -0.39 is 0 Å². The Morgan fingerprint density at radius 2 is 2.36 bits per heavy atom. The van der Waals surface area contributed by atoms with Crippen LogP contribution in [-0.4, -0.2) is 13.1 Å². The molecule has 0 bridgehead atoms. The smallest absolute Gasteiger partial charge is 0.338 e. The number of alkyl halides is 1. The molecule has 0 aliphatic heterocycles. The summed E-state index contributed by atoms with van der Waals surface area (Å²) in [4.78, 5) is 11.3. The molecule has 0 radical (unpaired) electrons. The van der Waals surface area contributed by atoms with Crippen molar-refractivity contribution in [2.75, 3.05) is 12.5 Å². The summed E-state index contributed by atoms with van der Waals surface area (Å²) in [6, 6.07) is 5.19. The van der Waals surface area contributed by atoms with Gasteiger partial charge in [-0.15, -0.1) is 0 Å². The molecule has 1 aromatic rings. The van der Waals surface area contributed by atoms with Crippen LogP contribution in [0.5, 0.6) is 0 Å². The Hall–Kier alpha value is -1.07. The average Bonchev–Trinajstić information content (AvgIpc) is 2.27. The summed E-state index contributed by atoms with van der Waals surface area (Å²) in [5, 5.41) is 0.576. The van der Waals surface area contributed by atoms with E-state index in [0.717, 1.165) is 11.3 Å². The fraction of sp³-hybridized carbons (Fsp3) is 0.222. The third-order valence-corrected chi connectivity index (χ3v) is 2.43. The molecule has 0 atom stereocenters. The molecule has 0 heterocycles. The zero-order valence-corrected chi connectivity index (χ0v) is 9.30. The van der Waals surface area contributed by atoms with Crippen molar-refractivity contribution < 1.29 is 9.53 Å². The first kappa shape index (κ1) is 11.0. The number of esters is 1. The highest BCUT2D eigenvalue weighted by Gasteiger charge is 2.10. The molecule has 3 N–H and O–H groups in total. The van der Waals surface area contributed by atoms with E-state index in [1.165, 1.54) is 7.11 Å². The van der Waals surface area contributed by atoms with E-state index in [4.69, 9.17) is 5.84 Å². The van der Waals surface area contributed by atoms with Crippen LogP contribution in [0.1, 0.15) is 15.9 Å². The van der Waals surface area contributed by atoms with Crippen LogP contribution in [0.3, 0.4) is 0 Å². The van der Waals surface area contributed by atoms with Gasteiger partial charge in [0.2, 0.25) is 0 Å². The number of hydrazine groups is 1. The minimum absolute atomic E-state index is 0.344. The fourth-order valence-electron chi connectivity index (χ4n) is 1.10. The molecular weight excluding hydrogens is 248 g/mol. The summed E-state index contributed by atoms with van der Waals surface area (Å²) >= 11 is 3.29. The van der Waals surface area contributed by atoms with Crippen molar-refractivity contribution in [3.05, 3.63) is 29.3 Å². The van der Waals surface area contributed by atoms with Gasteiger partial charge in [-0.1, -0.05) is 15.9 Å². The van der Waals surface area contributed by atoms with Crippen molar-refractivity contribution >= 4 is 27.6 Å². The Morgan fingerprint density at radius 3 is 2.86 bits per heavy atom. The molecule has 0 unspecified atom stereocenters. The van der Waals surface area contributed by atoms with Crippen LogP contribution >= 0.6 is 15.9 Å². The predicted octanol–water partition coefficient (Wildman–Crippen LogP) is 1.65. The van der Waals surface area contributed by atoms with Gasteiger partial charge < -0.3 is 10.2 Å². The van der Waals surface area contributed by atoms with E-state index in [-0.39, 0.29) is 5.97 Å². The van der Waals surface area contributed by atoms with Gasteiger partial charge in [0.05, 0.1) is 12.7 Å². The minimum Gasteiger partial charge on any atom is -0.465 e. The Kier molecular flexibility index (Phi) is 3.91. The molecule has 14 heavy (non-hydrogen) atoms. The van der Waals surface area contributed by atoms with E-state index in [0.29, 0.717) is 10.9 Å². The van der Waals surface area contributed by atoms with Gasteiger partial charge in [0, 0.05) is 11.0 Å². The first-order valence-electron chi connectivity index (χ1n) is 3.96. The number of nitrogens with one attached hydrogen (secondary N) is 1. The number of ether oxygens (including phenoxy) is 1. The SMILES string of the molecule is COC(=O)c1ccc(NN)cc1CBr. The predicted molar refractivity (Wildman–Crippen MR) is 58.2 cm³/mol. The van der Waals surface area contributed by atoms with Crippen molar-refractivity contribution in [3.63, 3.8) is 0 Å². The highest BCUT2D eigenvalue weighted by Crippen LogP contribution is 2.18. The molecule has 0 spiro atoms. The maximum absolute atomic E-state index is 11.3. The molecule has 0 aliphatic carbocycles. The van der Waals surface area contributed by atoms with Crippen molar-refractivity contribution in [3.8, 4) is 0 Å². The summed E-state index contributed by atoms with van der Waals surface area (Å²) in [6.45, 7) is 0. The van der Waals surface area contributed by atoms with Crippen LogP contribution in [0.4, 0.5) is 5.69 Å². The molecule has 0 saturated heterocycles. The van der Waals surface area contributed by atoms with E-state index in [1.807, 2.05) is 0 Å². The molecule has 76 valence electrons. The van der Waals surface area contributed by atoms with Crippen LogP contribution in [0.25, 0.3) is 0 Å². The third-order valence-electron chi connectivity index (χ3n) is 1.82. The van der Waals surface area contributed by atoms with Crippen molar-refractivity contribution in [2.24, 2.45) is 5.84 Å². The molecule has 1 rings (SSSR count). The van der Waals surface area contributed by atoms with Gasteiger partial charge in [-0.3, -0.25) is 5.84 Å². The first-order valence-corrected chi connectivity index (χ1v) is 5.09. The number of hydrogen-bond donors (Lipinski definition) is 2. The number of methoxy groups -OCH3 is 1. The molecule has 0 amide bonds. The monoisotopic (exact) mass is 258 g/mol. The van der Waals surface area contributed by atoms with E-state index in [2.05, 4.69) is 26.1 Å². The summed E-state index contributed by atoms with van der Waals surface area (Å²) in [5.41, 5.74) is 4.65. The number of carbonyl (C=O) groups excluding carboxylic acids is 1. The average molecular weight is 259 g/mol. The lowest BCUT2D eigenvalue weighted by molar-refractivity contribution is 0.0600. The molecule has 5 heteroatoms. The molecule has 0 fully saturated rings. The molecule has 0 saturated carbocycles. The standard InChI is InChI=1S/C9H11BrN2O2/c1-14-9(13)8-3-2-7(12-11)4-6(8)5-10/h2-4,12H,5,11H2,1H3. The fourth-order valence-corrected chi connectivity index (χ4v) is 1.57. The number of anilines is 1. The highest BCUT2D eigenvalue weighted by molar-refractivity contribution is 9.08. The Balaban J connectivity index is 3.11. The number of carbonyl (C=O) groups is 1. The number of halogens is 1. The second-order valence-corrected chi connectivity index (χ2v) is 3.20. The van der Waals surface area contributed by atoms with Gasteiger partial charge in [-0.05, 0) is 23.8 Å². The van der Waals surface area contributed by atoms with Gasteiger partial charge in [-0.25, -0.2) is 4.79 Å². The number of rotatable bonds is 3. The van der Waals surface area contributed by atoms with Crippen LogP contribution in [0, 0.1) is 0 Å². The summed E-state index contributed by atoms with van der Waals surface area (Å²) < 4.78 is 4.64. The molecule has 0 aromatic heterocycles. The largest absolute Gasteiger partial charge is 0.465 e. The zero-order chi connectivity index (χ0) is 10.6. The van der Waals surface area contributed by atoms with Crippen LogP contribution in [-0.2, 0) is 10.1 Å². The van der Waals surface area contributed by atoms with Crippen molar-refractivity contribution in [1.82, 2.24) is 0 Å². The topological polar surface area (TPSA) is 64.3 Å². The summed E-state index contributed by atoms with van der Waals surface area (Å²) in [6.07, 6.45) is 0. The van der Waals surface area contributed by atoms with Gasteiger partial charge in [0.15, 0.2) is 0 Å². The van der Waals surface area contributed by atoms with Gasteiger partial charge in [0.1, 0.15) is 0 Å². The number of nitrogens with two attached hydrogens (primary N) is 1. The van der Waals surface area contributed by atoms with Crippen LogP contribution in [0.15, 0.2) is 18.2 Å². The minimum atomic E-state index is -0.344. The van der Waals surface area contributed by atoms with Gasteiger partial charge in [0.25, 0.3) is 0 Å². The maximum Gasteiger partial charge on any atom is 0.338 e. The second-order valence-electron chi connectivity index (χ2n) is 2.64. The molecular formula is C9H11BrN2O2. The molecule has 1 aromatic carbocycles. The Morgan fingerprint density at radius 1 is 1.64 bits per heavy atom. The number of nitrogen functional groups attached to an aromatic ring is 1. The lowest BCUT2D eigenvalue weighted by atomic mass is 10.1. The van der Waals surface area contributed by atoms with Crippen LogP contribution in [0.2, 0.25) is 0 Å². The molecule has 4 nitrogen and oxygen atoms in total. The second kappa shape index (κ2) is 4.97. The summed E-state index contributed by atoms with van der Waals surface area (Å²) in [7, 11) is 1.36. The Bertz CT molecular complexity index is 342. The lowest BCUT2D eigenvalue weighted by Crippen LogP contribution is -2.09. The Labute approximate surface area is 90.5 Å². The summed E-state index contributed by atoms with van der Waals surface area (Å²) in [5.74, 6) is 4.91. The van der Waals surface area contributed by atoms with E-state index in [9.17, 15) is 4.79 Å². The quantitative estimate of drug-likeness (QED) is 0.375. The lowest BCUT2D eigenvalue weighted by Gasteiger charge is -2.07. The number of hydrogen-bond acceptors (Lipinski definition) is 4. The number of benzene rings is 1. The van der Waals surface area contributed by atoms with Gasteiger partial charge >= 0.3 is 5.97 Å². The van der Waals surface area contributed by atoms with Crippen LogP contribution < -0.4 is 11.3 Å². The normalized spacial score (nSPS) is 9.64. The molecule has 0 aliphatic rings.